The first-order valence-corrected chi connectivity index (χ1v) is 5.81. The van der Waals surface area contributed by atoms with E-state index in [1.54, 1.807) is 0 Å². The molecule has 0 spiro atoms. The van der Waals surface area contributed by atoms with Crippen LogP contribution >= 0.6 is 11.6 Å². The lowest BCUT2D eigenvalue weighted by Crippen LogP contribution is -2.13. The average molecular weight is 295 g/mol. The first-order chi connectivity index (χ1) is 9.47. The Morgan fingerprint density at radius 3 is 2.55 bits per heavy atom. The molecule has 0 radical (unpaired) electrons. The zero-order valence-electron chi connectivity index (χ0n) is 9.93. The fourth-order valence-electron chi connectivity index (χ4n) is 1.49. The molecule has 0 saturated carbocycles. The van der Waals surface area contributed by atoms with E-state index in [1.165, 1.54) is 30.5 Å². The molecular weight excluding hydrogens is 287 g/mol. The van der Waals surface area contributed by atoms with E-state index in [2.05, 4.69) is 10.3 Å². The van der Waals surface area contributed by atoms with Gasteiger partial charge in [-0.1, -0.05) is 11.6 Å². The van der Waals surface area contributed by atoms with Crippen molar-refractivity contribution < 1.29 is 19.1 Å². The van der Waals surface area contributed by atoms with Crippen molar-refractivity contribution in [1.29, 1.82) is 0 Å². The maximum absolute atomic E-state index is 13.6. The van der Waals surface area contributed by atoms with Gasteiger partial charge in [-0.2, -0.15) is 0 Å². The number of carboxylic acids is 1. The van der Waals surface area contributed by atoms with Crippen molar-refractivity contribution in [3.63, 3.8) is 0 Å². The summed E-state index contributed by atoms with van der Waals surface area (Å²) in [4.78, 5) is 26.3. The molecule has 1 aromatic heterocycles. The summed E-state index contributed by atoms with van der Waals surface area (Å²) in [5.74, 6) is -2.66. The summed E-state index contributed by atoms with van der Waals surface area (Å²) in [6.07, 6.45) is 1.35. The van der Waals surface area contributed by atoms with Gasteiger partial charge in [-0.15, -0.1) is 0 Å². The van der Waals surface area contributed by atoms with Crippen LogP contribution in [0.25, 0.3) is 0 Å². The lowest BCUT2D eigenvalue weighted by Gasteiger charge is -2.07. The minimum atomic E-state index is -1.25. The highest BCUT2D eigenvalue weighted by molar-refractivity contribution is 6.29. The number of carboxylic acid groups (broad SMARTS) is 1. The zero-order valence-corrected chi connectivity index (χ0v) is 10.7. The highest BCUT2D eigenvalue weighted by atomic mass is 35.5. The summed E-state index contributed by atoms with van der Waals surface area (Å²) >= 11 is 5.65. The standard InChI is InChI=1S/C13H8ClFN2O3/c14-11-6-7(3-4-16-11)12(18)17-10-2-1-8(13(19)20)5-9(10)15/h1-6H,(H,17,18)(H,19,20). The Hall–Kier alpha value is -2.47. The monoisotopic (exact) mass is 294 g/mol. The Morgan fingerprint density at radius 2 is 1.95 bits per heavy atom. The predicted octanol–water partition coefficient (Wildman–Crippen LogP) is 2.82. The van der Waals surface area contributed by atoms with Crippen molar-refractivity contribution in [3.8, 4) is 0 Å². The van der Waals surface area contributed by atoms with E-state index in [4.69, 9.17) is 16.7 Å². The van der Waals surface area contributed by atoms with Crippen LogP contribution in [0.1, 0.15) is 20.7 Å². The van der Waals surface area contributed by atoms with Gasteiger partial charge in [0, 0.05) is 11.8 Å². The Kier molecular flexibility index (Phi) is 3.95. The number of aromatic carboxylic acids is 1. The third kappa shape index (κ3) is 3.10. The minimum absolute atomic E-state index is 0.118. The van der Waals surface area contributed by atoms with Crippen LogP contribution in [0.3, 0.4) is 0 Å². The number of hydrogen-bond donors (Lipinski definition) is 2. The van der Waals surface area contributed by atoms with Gasteiger partial charge in [0.2, 0.25) is 0 Å². The largest absolute Gasteiger partial charge is 0.478 e. The quantitative estimate of drug-likeness (QED) is 0.853. The molecule has 0 saturated heterocycles. The molecule has 20 heavy (non-hydrogen) atoms. The maximum Gasteiger partial charge on any atom is 0.335 e. The molecule has 0 bridgehead atoms. The van der Waals surface area contributed by atoms with E-state index in [0.29, 0.717) is 0 Å². The number of carbonyl (C=O) groups excluding carboxylic acids is 1. The normalized spacial score (nSPS) is 10.1. The molecule has 1 amide bonds. The molecule has 0 aliphatic rings. The van der Waals surface area contributed by atoms with Gasteiger partial charge in [0.1, 0.15) is 11.0 Å². The number of hydrogen-bond acceptors (Lipinski definition) is 3. The number of rotatable bonds is 3. The lowest BCUT2D eigenvalue weighted by molar-refractivity contribution is 0.0696. The molecule has 0 unspecified atom stereocenters. The molecule has 2 aromatic rings. The Morgan fingerprint density at radius 1 is 1.20 bits per heavy atom. The summed E-state index contributed by atoms with van der Waals surface area (Å²) < 4.78 is 13.6. The Bertz CT molecular complexity index is 691. The fourth-order valence-corrected chi connectivity index (χ4v) is 1.66. The van der Waals surface area contributed by atoms with E-state index in [1.807, 2.05) is 0 Å². The fraction of sp³-hybridized carbons (Fsp3) is 0. The topological polar surface area (TPSA) is 79.3 Å². The number of nitrogens with one attached hydrogen (secondary N) is 1. The molecule has 5 nitrogen and oxygen atoms in total. The van der Waals surface area contributed by atoms with E-state index in [9.17, 15) is 14.0 Å². The smallest absolute Gasteiger partial charge is 0.335 e. The van der Waals surface area contributed by atoms with E-state index >= 15 is 0 Å². The van der Waals surface area contributed by atoms with Gasteiger partial charge in [0.25, 0.3) is 5.91 Å². The number of aromatic nitrogens is 1. The van der Waals surface area contributed by atoms with Crippen molar-refractivity contribution >= 4 is 29.2 Å². The molecule has 0 aliphatic carbocycles. The van der Waals surface area contributed by atoms with E-state index in [-0.39, 0.29) is 22.0 Å². The Balaban J connectivity index is 2.22. The molecule has 0 atom stereocenters. The zero-order chi connectivity index (χ0) is 14.7. The molecule has 1 heterocycles. The van der Waals surface area contributed by atoms with E-state index < -0.39 is 17.7 Å². The summed E-state index contributed by atoms with van der Waals surface area (Å²) in [6.45, 7) is 0. The van der Waals surface area contributed by atoms with Gasteiger partial charge in [-0.3, -0.25) is 4.79 Å². The van der Waals surface area contributed by atoms with Crippen LogP contribution in [0.5, 0.6) is 0 Å². The number of anilines is 1. The molecule has 0 aliphatic heterocycles. The van der Waals surface area contributed by atoms with Crippen LogP contribution in [0.2, 0.25) is 5.15 Å². The maximum atomic E-state index is 13.6. The summed E-state index contributed by atoms with van der Waals surface area (Å²) in [7, 11) is 0. The third-order valence-electron chi connectivity index (χ3n) is 2.45. The second kappa shape index (κ2) is 5.66. The molecule has 102 valence electrons. The number of carbonyl (C=O) groups is 2. The highest BCUT2D eigenvalue weighted by Gasteiger charge is 2.12. The van der Waals surface area contributed by atoms with Crippen molar-refractivity contribution in [2.75, 3.05) is 5.32 Å². The van der Waals surface area contributed by atoms with Crippen LogP contribution < -0.4 is 5.32 Å². The van der Waals surface area contributed by atoms with Crippen LogP contribution in [-0.2, 0) is 0 Å². The molecule has 7 heteroatoms. The van der Waals surface area contributed by atoms with E-state index in [0.717, 1.165) is 6.07 Å². The van der Waals surface area contributed by atoms with Gasteiger partial charge in [0.15, 0.2) is 0 Å². The van der Waals surface area contributed by atoms with Crippen LogP contribution in [0.4, 0.5) is 10.1 Å². The van der Waals surface area contributed by atoms with Crippen LogP contribution in [-0.4, -0.2) is 22.0 Å². The summed E-state index contributed by atoms with van der Waals surface area (Å²) in [5, 5.41) is 11.2. The van der Waals surface area contributed by atoms with Crippen LogP contribution in [0, 0.1) is 5.82 Å². The number of pyridine rings is 1. The van der Waals surface area contributed by atoms with Gasteiger partial charge >= 0.3 is 5.97 Å². The minimum Gasteiger partial charge on any atom is -0.478 e. The van der Waals surface area contributed by atoms with Gasteiger partial charge in [0.05, 0.1) is 11.3 Å². The number of halogens is 2. The predicted molar refractivity (Wildman–Crippen MR) is 70.6 cm³/mol. The molecule has 1 aromatic carbocycles. The second-order valence-electron chi connectivity index (χ2n) is 3.82. The first kappa shape index (κ1) is 14.0. The Labute approximate surface area is 118 Å². The average Bonchev–Trinajstić information content (AvgIpc) is 2.40. The number of nitrogens with zero attached hydrogens (tertiary/aromatic N) is 1. The summed E-state index contributed by atoms with van der Waals surface area (Å²) in [6, 6.07) is 5.96. The third-order valence-corrected chi connectivity index (χ3v) is 2.66. The highest BCUT2D eigenvalue weighted by Crippen LogP contribution is 2.17. The number of benzene rings is 1. The van der Waals surface area contributed by atoms with Gasteiger partial charge < -0.3 is 10.4 Å². The molecule has 2 rings (SSSR count). The SMILES string of the molecule is O=C(O)c1ccc(NC(=O)c2ccnc(Cl)c2)c(F)c1. The molecule has 0 fully saturated rings. The number of amides is 1. The van der Waals surface area contributed by atoms with Crippen molar-refractivity contribution in [2.45, 2.75) is 0 Å². The molecular formula is C13H8ClFN2O3. The van der Waals surface area contributed by atoms with Gasteiger partial charge in [-0.25, -0.2) is 14.2 Å². The summed E-state index contributed by atoms with van der Waals surface area (Å²) in [5.41, 5.74) is -0.105. The van der Waals surface area contributed by atoms with Crippen molar-refractivity contribution in [2.24, 2.45) is 0 Å². The van der Waals surface area contributed by atoms with Crippen molar-refractivity contribution in [3.05, 3.63) is 58.6 Å². The van der Waals surface area contributed by atoms with Crippen molar-refractivity contribution in [1.82, 2.24) is 4.98 Å². The van der Waals surface area contributed by atoms with Crippen LogP contribution in [0.15, 0.2) is 36.5 Å². The second-order valence-corrected chi connectivity index (χ2v) is 4.21. The van der Waals surface area contributed by atoms with Gasteiger partial charge in [-0.05, 0) is 30.3 Å². The molecule has 2 N–H and O–H groups in total. The first-order valence-electron chi connectivity index (χ1n) is 5.43. The lowest BCUT2D eigenvalue weighted by atomic mass is 10.2.